The first-order chi connectivity index (χ1) is 28.4. The third-order valence-electron chi connectivity index (χ3n) is 13.1. The van der Waals surface area contributed by atoms with Gasteiger partial charge >= 0.3 is 11.9 Å². The average molecular weight is 870 g/mol. The molecule has 3 heterocycles. The number of phenols is 1. The van der Waals surface area contributed by atoms with Gasteiger partial charge in [0.1, 0.15) is 50.2 Å². The number of aromatic carboxylic acids is 1. The predicted octanol–water partition coefficient (Wildman–Crippen LogP) is 13.9. The Hall–Kier alpha value is -3.36. The van der Waals surface area contributed by atoms with Crippen molar-refractivity contribution in [3.05, 3.63) is 68.8 Å². The van der Waals surface area contributed by atoms with Gasteiger partial charge in [0.05, 0.1) is 0 Å². The van der Waals surface area contributed by atoms with Crippen LogP contribution in [0.2, 0.25) is 0 Å². The predicted molar refractivity (Wildman–Crippen MR) is 242 cm³/mol. The zero-order chi connectivity index (χ0) is 44.1. The summed E-state index contributed by atoms with van der Waals surface area (Å²) in [6.45, 7) is 21.1. The molecule has 0 saturated heterocycles. The minimum atomic E-state index is -1.06. The molecule has 2 aromatic rings. The second-order valence-electron chi connectivity index (χ2n) is 18.5. The Bertz CT molecular complexity index is 1930. The van der Waals surface area contributed by atoms with E-state index in [1.165, 1.54) is 11.1 Å². The van der Waals surface area contributed by atoms with Crippen molar-refractivity contribution in [2.75, 3.05) is 0 Å². The lowest BCUT2D eigenvalue weighted by Gasteiger charge is -2.47. The molecule has 2 aliphatic carbocycles. The summed E-state index contributed by atoms with van der Waals surface area (Å²) in [5.74, 6) is 1.67. The first kappa shape index (κ1) is 47.7. The van der Waals surface area contributed by atoms with E-state index in [9.17, 15) is 19.8 Å². The number of aromatic hydroxyl groups is 1. The largest absolute Gasteiger partial charge is 0.507 e. The molecule has 0 radical (unpaired) electrons. The maximum absolute atomic E-state index is 13.0. The fourth-order valence-electron chi connectivity index (χ4n) is 9.81. The molecule has 7 rings (SSSR count). The molecule has 60 heavy (non-hydrogen) atoms. The summed E-state index contributed by atoms with van der Waals surface area (Å²) < 4.78 is 24.8. The van der Waals surface area contributed by atoms with Gasteiger partial charge in [0.15, 0.2) is 0 Å². The standard InChI is InChI=1S/C25H34O4.C22H30O4.C3H6Cl2/c1-6-8-9-10-16-14-19-22(23-21(16)24(26)28-20(7-2)27-23)17-13-15(3)11-12-18(17)25(4,5)29-19;1-5-6-7-8-14-12-17-19(20(23)18(14)21(24)25)15-11-13(2)9-10-16(15)22(3,4)26-17;1-2-3(4)5/h13-14,17-18,20H,6-12H2,1-5H3;11-12,15-16,23H,5-10H2,1-4H3,(H,24,25);3H,2H2,1H3/t17-,18-,20?;15-,16-;/m11./s1. The Labute approximate surface area is 369 Å². The molecule has 8 nitrogen and oxygen atoms in total. The van der Waals surface area contributed by atoms with Crippen LogP contribution in [0.25, 0.3) is 0 Å². The molecule has 5 atom stereocenters. The van der Waals surface area contributed by atoms with Crippen molar-refractivity contribution in [2.45, 2.75) is 193 Å². The maximum atomic E-state index is 13.0. The van der Waals surface area contributed by atoms with E-state index in [1.807, 2.05) is 19.9 Å². The quantitative estimate of drug-likeness (QED) is 0.0994. The maximum Gasteiger partial charge on any atom is 0.345 e. The molecule has 10 heteroatoms. The highest BCUT2D eigenvalue weighted by Crippen LogP contribution is 2.57. The zero-order valence-electron chi connectivity index (χ0n) is 37.8. The van der Waals surface area contributed by atoms with Crippen molar-refractivity contribution in [3.8, 4) is 23.0 Å². The summed E-state index contributed by atoms with van der Waals surface area (Å²) >= 11 is 10.5. The Morgan fingerprint density at radius 3 is 1.75 bits per heavy atom. The number of carboxylic acid groups (broad SMARTS) is 1. The van der Waals surface area contributed by atoms with E-state index in [0.717, 1.165) is 93.9 Å². The number of fused-ring (bicyclic) bond motifs is 8. The van der Waals surface area contributed by atoms with E-state index in [0.29, 0.717) is 46.9 Å². The van der Waals surface area contributed by atoms with Crippen molar-refractivity contribution in [1.29, 1.82) is 0 Å². The average Bonchev–Trinajstić information content (AvgIpc) is 3.17. The van der Waals surface area contributed by atoms with E-state index in [-0.39, 0.29) is 51.1 Å². The molecule has 2 N–H and O–H groups in total. The molecular weight excluding hydrogens is 799 g/mol. The first-order valence-electron chi connectivity index (χ1n) is 22.6. The molecule has 0 aromatic heterocycles. The van der Waals surface area contributed by atoms with Crippen LogP contribution in [0.15, 0.2) is 35.4 Å². The number of carbonyl (C=O) groups is 2. The number of alkyl halides is 2. The van der Waals surface area contributed by atoms with Gasteiger partial charge in [0.25, 0.3) is 0 Å². The Morgan fingerprint density at radius 1 is 0.783 bits per heavy atom. The lowest BCUT2D eigenvalue weighted by atomic mass is 9.67. The van der Waals surface area contributed by atoms with Gasteiger partial charge in [0, 0.05) is 41.2 Å². The molecule has 0 fully saturated rings. The summed E-state index contributed by atoms with van der Waals surface area (Å²) in [5.41, 5.74) is 6.17. The highest BCUT2D eigenvalue weighted by Gasteiger charge is 2.49. The topological polar surface area (TPSA) is 112 Å². The molecule has 5 aliphatic rings. The van der Waals surface area contributed by atoms with Gasteiger partial charge in [-0.15, -0.1) is 23.2 Å². The van der Waals surface area contributed by atoms with Crippen molar-refractivity contribution < 1.29 is 38.7 Å². The van der Waals surface area contributed by atoms with Crippen LogP contribution in [0.3, 0.4) is 0 Å². The summed E-state index contributed by atoms with van der Waals surface area (Å²) in [5, 5.41) is 20.7. The Morgan fingerprint density at radius 2 is 1.27 bits per heavy atom. The summed E-state index contributed by atoms with van der Waals surface area (Å²) in [4.78, 5) is 24.7. The van der Waals surface area contributed by atoms with Crippen LogP contribution in [0.1, 0.15) is 201 Å². The van der Waals surface area contributed by atoms with Gasteiger partial charge in [-0.3, -0.25) is 0 Å². The van der Waals surface area contributed by atoms with Crippen LogP contribution in [0.5, 0.6) is 23.0 Å². The molecule has 1 unspecified atom stereocenters. The second-order valence-corrected chi connectivity index (χ2v) is 19.8. The fraction of sp³-hybridized carbons (Fsp3) is 0.640. The number of unbranched alkanes of at least 4 members (excludes halogenated alkanes) is 4. The van der Waals surface area contributed by atoms with E-state index in [1.54, 1.807) is 0 Å². The third-order valence-corrected chi connectivity index (χ3v) is 13.7. The Kier molecular flexibility index (Phi) is 16.1. The molecule has 3 aliphatic heterocycles. The normalized spacial score (nSPS) is 23.9. The number of carbonyl (C=O) groups excluding carboxylic acids is 1. The number of aryl methyl sites for hydroxylation is 2. The highest BCUT2D eigenvalue weighted by molar-refractivity contribution is 6.44. The zero-order valence-corrected chi connectivity index (χ0v) is 39.3. The Balaban J connectivity index is 0.000000206. The number of rotatable bonds is 11. The van der Waals surface area contributed by atoms with Gasteiger partial charge < -0.3 is 29.2 Å². The van der Waals surface area contributed by atoms with Crippen molar-refractivity contribution in [3.63, 3.8) is 0 Å². The van der Waals surface area contributed by atoms with E-state index in [4.69, 9.17) is 42.1 Å². The molecule has 0 spiro atoms. The first-order valence-corrected chi connectivity index (χ1v) is 23.5. The van der Waals surface area contributed by atoms with Crippen LogP contribution < -0.4 is 14.2 Å². The summed E-state index contributed by atoms with van der Waals surface area (Å²) in [6.07, 6.45) is 17.5. The monoisotopic (exact) mass is 868 g/mol. The minimum Gasteiger partial charge on any atom is -0.507 e. The van der Waals surface area contributed by atoms with Gasteiger partial charge in [-0.2, -0.15) is 0 Å². The van der Waals surface area contributed by atoms with Crippen LogP contribution >= 0.6 is 23.2 Å². The van der Waals surface area contributed by atoms with Crippen molar-refractivity contribution >= 4 is 35.1 Å². The van der Waals surface area contributed by atoms with Gasteiger partial charge in [-0.25, -0.2) is 9.59 Å². The lowest BCUT2D eigenvalue weighted by Crippen LogP contribution is -2.46. The number of hydrogen-bond acceptors (Lipinski definition) is 7. The number of benzene rings is 2. The molecule has 332 valence electrons. The van der Waals surface area contributed by atoms with Crippen molar-refractivity contribution in [1.82, 2.24) is 0 Å². The number of allylic oxidation sites excluding steroid dienone is 4. The number of carboxylic acids is 1. The number of hydrogen-bond donors (Lipinski definition) is 2. The number of esters is 1. The van der Waals surface area contributed by atoms with Crippen LogP contribution in [0, 0.1) is 11.8 Å². The number of ether oxygens (including phenoxy) is 4. The summed E-state index contributed by atoms with van der Waals surface area (Å²) in [6, 6.07) is 3.96. The number of halogens is 2. The van der Waals surface area contributed by atoms with Gasteiger partial charge in [-0.1, -0.05) is 76.7 Å². The van der Waals surface area contributed by atoms with Crippen LogP contribution in [-0.4, -0.2) is 44.5 Å². The number of cyclic esters (lactones) is 1. The summed E-state index contributed by atoms with van der Waals surface area (Å²) in [7, 11) is 0. The van der Waals surface area contributed by atoms with Gasteiger partial charge in [0.2, 0.25) is 6.29 Å². The van der Waals surface area contributed by atoms with E-state index < -0.39 is 12.3 Å². The smallest absolute Gasteiger partial charge is 0.345 e. The third kappa shape index (κ3) is 10.5. The SMILES string of the molecule is CCC(Cl)Cl.CCCCCc1cc2c(c(O)c1C(=O)O)[C@@H]1C=C(C)CC[C@H]1C(C)(C)O2.CCCCCc1cc2c(c3c1C(=O)OC(CC)O3)[C@@H]1C=C(C)CC[C@H]1C(C)(C)O2. The fourth-order valence-corrected chi connectivity index (χ4v) is 9.81. The second kappa shape index (κ2) is 20.2. The molecular formula is C50H70Cl2O8. The minimum absolute atomic E-state index is 0.00490. The lowest BCUT2D eigenvalue weighted by molar-refractivity contribution is -0.0637. The van der Waals surface area contributed by atoms with E-state index in [2.05, 4.69) is 73.6 Å². The highest BCUT2D eigenvalue weighted by atomic mass is 35.5. The van der Waals surface area contributed by atoms with Crippen molar-refractivity contribution in [2.24, 2.45) is 11.8 Å². The van der Waals surface area contributed by atoms with Crippen LogP contribution in [0.4, 0.5) is 0 Å². The van der Waals surface area contributed by atoms with Crippen LogP contribution in [-0.2, 0) is 17.6 Å². The van der Waals surface area contributed by atoms with E-state index >= 15 is 0 Å². The molecule has 0 amide bonds. The molecule has 0 saturated carbocycles. The van der Waals surface area contributed by atoms with Gasteiger partial charge in [-0.05, 0) is 123 Å². The molecule has 0 bridgehead atoms. The molecule has 2 aromatic carbocycles.